The van der Waals surface area contributed by atoms with Gasteiger partial charge in [-0.15, -0.1) is 0 Å². The molecular formula is C15H18N4O3. The van der Waals surface area contributed by atoms with E-state index in [4.69, 9.17) is 5.11 Å². The number of benzene rings is 1. The van der Waals surface area contributed by atoms with Crippen LogP contribution in [0.5, 0.6) is 0 Å². The highest BCUT2D eigenvalue weighted by molar-refractivity contribution is 5.74. The number of aliphatic carboxylic acids is 1. The Morgan fingerprint density at radius 1 is 1.32 bits per heavy atom. The third-order valence-corrected chi connectivity index (χ3v) is 3.11. The van der Waals surface area contributed by atoms with Crippen molar-refractivity contribution in [2.45, 2.75) is 13.0 Å². The maximum Gasteiger partial charge on any atom is 0.317 e. The lowest BCUT2D eigenvalue weighted by atomic mass is 10.3. The van der Waals surface area contributed by atoms with Crippen molar-refractivity contribution in [1.29, 1.82) is 0 Å². The molecule has 0 aliphatic rings. The first-order valence-electron chi connectivity index (χ1n) is 6.86. The van der Waals surface area contributed by atoms with E-state index in [2.05, 4.69) is 10.4 Å². The number of aromatic nitrogens is 2. The number of para-hydroxylation sites is 1. The normalized spacial score (nSPS) is 10.2. The van der Waals surface area contributed by atoms with Gasteiger partial charge in [0.25, 0.3) is 0 Å². The molecule has 22 heavy (non-hydrogen) atoms. The van der Waals surface area contributed by atoms with Gasteiger partial charge in [0, 0.05) is 31.9 Å². The van der Waals surface area contributed by atoms with Gasteiger partial charge in [0.15, 0.2) is 0 Å². The molecule has 1 heterocycles. The van der Waals surface area contributed by atoms with Crippen LogP contribution in [0.15, 0.2) is 42.7 Å². The van der Waals surface area contributed by atoms with Crippen LogP contribution < -0.4 is 5.32 Å². The highest BCUT2D eigenvalue weighted by atomic mass is 16.4. The molecule has 1 aromatic carbocycles. The number of hydrogen-bond acceptors (Lipinski definition) is 3. The molecule has 7 heteroatoms. The molecular weight excluding hydrogens is 284 g/mol. The Morgan fingerprint density at radius 3 is 2.73 bits per heavy atom. The molecule has 0 bridgehead atoms. The van der Waals surface area contributed by atoms with Crippen LogP contribution in [-0.4, -0.2) is 45.4 Å². The summed E-state index contributed by atoms with van der Waals surface area (Å²) in [5.74, 6) is -0.927. The van der Waals surface area contributed by atoms with Crippen molar-refractivity contribution in [3.05, 3.63) is 48.3 Å². The zero-order valence-electron chi connectivity index (χ0n) is 12.3. The average Bonchev–Trinajstić information content (AvgIpc) is 3.00. The van der Waals surface area contributed by atoms with Gasteiger partial charge in [-0.25, -0.2) is 9.48 Å². The lowest BCUT2D eigenvalue weighted by Crippen LogP contribution is -2.37. The zero-order chi connectivity index (χ0) is 15.9. The summed E-state index contributed by atoms with van der Waals surface area (Å²) in [4.78, 5) is 23.6. The molecule has 0 saturated heterocycles. The minimum atomic E-state index is -0.927. The van der Waals surface area contributed by atoms with Gasteiger partial charge in [-0.1, -0.05) is 18.2 Å². The molecule has 0 aliphatic carbocycles. The van der Waals surface area contributed by atoms with Gasteiger partial charge in [0.1, 0.15) is 0 Å². The van der Waals surface area contributed by atoms with Crippen LogP contribution in [-0.2, 0) is 11.3 Å². The molecule has 2 aromatic rings. The molecule has 7 nitrogen and oxygen atoms in total. The third kappa shape index (κ3) is 4.34. The Kier molecular flexibility index (Phi) is 5.13. The second-order valence-corrected chi connectivity index (χ2v) is 4.85. The molecule has 0 saturated carbocycles. The Morgan fingerprint density at radius 2 is 2.05 bits per heavy atom. The van der Waals surface area contributed by atoms with Gasteiger partial charge in [-0.2, -0.15) is 5.10 Å². The number of nitrogens with zero attached hydrogens (tertiary/aromatic N) is 3. The van der Waals surface area contributed by atoms with E-state index in [1.807, 2.05) is 36.5 Å². The second kappa shape index (κ2) is 7.26. The largest absolute Gasteiger partial charge is 0.481 e. The number of carbonyl (C=O) groups excluding carboxylic acids is 1. The van der Waals surface area contributed by atoms with Crippen LogP contribution in [0.3, 0.4) is 0 Å². The maximum atomic E-state index is 11.8. The van der Waals surface area contributed by atoms with Crippen molar-refractivity contribution >= 4 is 12.0 Å². The van der Waals surface area contributed by atoms with E-state index in [0.29, 0.717) is 6.54 Å². The van der Waals surface area contributed by atoms with E-state index in [1.165, 1.54) is 4.90 Å². The van der Waals surface area contributed by atoms with E-state index >= 15 is 0 Å². The summed E-state index contributed by atoms with van der Waals surface area (Å²) in [5, 5.41) is 15.6. The lowest BCUT2D eigenvalue weighted by molar-refractivity contribution is -0.137. The van der Waals surface area contributed by atoms with Gasteiger partial charge in [0.05, 0.1) is 18.3 Å². The summed E-state index contributed by atoms with van der Waals surface area (Å²) in [6.45, 7) is 0.507. The molecule has 0 radical (unpaired) electrons. The third-order valence-electron chi connectivity index (χ3n) is 3.11. The predicted molar refractivity (Wildman–Crippen MR) is 80.7 cm³/mol. The fraction of sp³-hybridized carbons (Fsp3) is 0.267. The fourth-order valence-electron chi connectivity index (χ4n) is 1.85. The molecule has 1 aromatic heterocycles. The average molecular weight is 302 g/mol. The van der Waals surface area contributed by atoms with Crippen LogP contribution in [0.25, 0.3) is 5.69 Å². The highest BCUT2D eigenvalue weighted by Crippen LogP contribution is 2.07. The summed E-state index contributed by atoms with van der Waals surface area (Å²) < 4.78 is 1.73. The summed E-state index contributed by atoms with van der Waals surface area (Å²) >= 11 is 0. The second-order valence-electron chi connectivity index (χ2n) is 4.85. The molecule has 116 valence electrons. The summed E-state index contributed by atoms with van der Waals surface area (Å²) in [5.41, 5.74) is 1.81. The number of carboxylic acid groups (broad SMARTS) is 1. The Bertz CT molecular complexity index is 639. The molecule has 2 rings (SSSR count). The lowest BCUT2D eigenvalue weighted by Gasteiger charge is -2.16. The van der Waals surface area contributed by atoms with Crippen molar-refractivity contribution in [2.24, 2.45) is 0 Å². The quantitative estimate of drug-likeness (QED) is 0.846. The summed E-state index contributed by atoms with van der Waals surface area (Å²) in [6.07, 6.45) is 3.45. The van der Waals surface area contributed by atoms with Crippen molar-refractivity contribution in [3.8, 4) is 5.69 Å². The number of amides is 2. The van der Waals surface area contributed by atoms with Crippen molar-refractivity contribution in [2.75, 3.05) is 13.6 Å². The van der Waals surface area contributed by atoms with Crippen LogP contribution >= 0.6 is 0 Å². The molecule has 2 amide bonds. The highest BCUT2D eigenvalue weighted by Gasteiger charge is 2.10. The summed E-state index contributed by atoms with van der Waals surface area (Å²) in [6, 6.07) is 9.35. The first-order valence-corrected chi connectivity index (χ1v) is 6.86. The van der Waals surface area contributed by atoms with Gasteiger partial charge in [-0.3, -0.25) is 4.79 Å². The van der Waals surface area contributed by atoms with Crippen LogP contribution in [0.1, 0.15) is 12.0 Å². The number of rotatable bonds is 6. The van der Waals surface area contributed by atoms with E-state index in [-0.39, 0.29) is 19.0 Å². The smallest absolute Gasteiger partial charge is 0.317 e. The van der Waals surface area contributed by atoms with Crippen LogP contribution in [0.4, 0.5) is 4.79 Å². The van der Waals surface area contributed by atoms with E-state index < -0.39 is 5.97 Å². The van der Waals surface area contributed by atoms with E-state index in [9.17, 15) is 9.59 Å². The molecule has 0 spiro atoms. The topological polar surface area (TPSA) is 87.5 Å². The fourth-order valence-corrected chi connectivity index (χ4v) is 1.85. The van der Waals surface area contributed by atoms with Gasteiger partial charge >= 0.3 is 12.0 Å². The maximum absolute atomic E-state index is 11.8. The zero-order valence-corrected chi connectivity index (χ0v) is 12.3. The number of carbonyl (C=O) groups is 2. The Hall–Kier alpha value is -2.83. The van der Waals surface area contributed by atoms with E-state index in [1.54, 1.807) is 17.9 Å². The monoisotopic (exact) mass is 302 g/mol. The molecule has 0 unspecified atom stereocenters. The number of carboxylic acids is 1. The van der Waals surface area contributed by atoms with Crippen molar-refractivity contribution in [1.82, 2.24) is 20.0 Å². The minimum Gasteiger partial charge on any atom is -0.481 e. The Balaban J connectivity index is 1.86. The van der Waals surface area contributed by atoms with Crippen LogP contribution in [0.2, 0.25) is 0 Å². The van der Waals surface area contributed by atoms with Crippen molar-refractivity contribution < 1.29 is 14.7 Å². The molecule has 0 fully saturated rings. The van der Waals surface area contributed by atoms with Crippen molar-refractivity contribution in [3.63, 3.8) is 0 Å². The molecule has 0 aliphatic heterocycles. The standard InChI is InChI=1S/C15H18N4O3/c1-18(8-7-14(20)21)15(22)16-9-12-10-17-19(11-12)13-5-3-2-4-6-13/h2-6,10-11H,7-9H2,1H3,(H,16,22)(H,20,21). The number of hydrogen-bond donors (Lipinski definition) is 2. The van der Waals surface area contributed by atoms with Crippen LogP contribution in [0, 0.1) is 0 Å². The molecule has 0 atom stereocenters. The minimum absolute atomic E-state index is 0.0736. The first-order chi connectivity index (χ1) is 10.6. The molecule has 2 N–H and O–H groups in total. The summed E-state index contributed by atoms with van der Waals surface area (Å²) in [7, 11) is 1.56. The van der Waals surface area contributed by atoms with Gasteiger partial charge < -0.3 is 15.3 Å². The van der Waals surface area contributed by atoms with E-state index in [0.717, 1.165) is 11.3 Å². The van der Waals surface area contributed by atoms with Gasteiger partial charge in [-0.05, 0) is 12.1 Å². The Labute approximate surface area is 128 Å². The number of urea groups is 1. The van der Waals surface area contributed by atoms with Gasteiger partial charge in [0.2, 0.25) is 0 Å². The SMILES string of the molecule is CN(CCC(=O)O)C(=O)NCc1cnn(-c2ccccc2)c1. The predicted octanol–water partition coefficient (Wildman–Crippen LogP) is 1.49. The first kappa shape index (κ1) is 15.6. The number of nitrogens with one attached hydrogen (secondary N) is 1.